The van der Waals surface area contributed by atoms with Crippen molar-refractivity contribution in [2.24, 2.45) is 0 Å². The minimum atomic E-state index is -0.909. The lowest BCUT2D eigenvalue weighted by molar-refractivity contribution is -0.141. The highest BCUT2D eigenvalue weighted by Crippen LogP contribution is 2.32. The monoisotopic (exact) mass is 425 g/mol. The Labute approximate surface area is 182 Å². The molecule has 4 rings (SSSR count). The van der Waals surface area contributed by atoms with Crippen LogP contribution in [0.15, 0.2) is 54.6 Å². The van der Waals surface area contributed by atoms with Gasteiger partial charge in [0.1, 0.15) is 18.0 Å². The highest BCUT2D eigenvalue weighted by Gasteiger charge is 2.48. The molecule has 2 aromatic carbocycles. The number of benzene rings is 2. The molecule has 1 atom stereocenters. The van der Waals surface area contributed by atoms with E-state index in [1.165, 1.54) is 6.07 Å². The predicted molar refractivity (Wildman–Crippen MR) is 116 cm³/mol. The molecule has 0 N–H and O–H groups in total. The fraction of sp³-hybridized carbons (Fsp3) is 0.417. The molecule has 0 aromatic heterocycles. The molecule has 7 heteroatoms. The average molecular weight is 426 g/mol. The number of para-hydroxylation sites is 1. The molecule has 164 valence electrons. The molecule has 0 saturated carbocycles. The highest BCUT2D eigenvalue weighted by molar-refractivity contribution is 5.90. The van der Waals surface area contributed by atoms with Gasteiger partial charge in [0.05, 0.1) is 5.69 Å². The van der Waals surface area contributed by atoms with E-state index in [1.807, 2.05) is 48.2 Å². The number of hydrogen-bond donors (Lipinski definition) is 0. The van der Waals surface area contributed by atoms with Gasteiger partial charge in [-0.2, -0.15) is 0 Å². The maximum atomic E-state index is 14.1. The Kier molecular flexibility index (Phi) is 6.11. The fourth-order valence-corrected chi connectivity index (χ4v) is 4.47. The first-order valence-corrected chi connectivity index (χ1v) is 10.8. The van der Waals surface area contributed by atoms with Crippen molar-refractivity contribution in [3.05, 3.63) is 66.0 Å². The lowest BCUT2D eigenvalue weighted by atomic mass is 9.96. The molecule has 2 aliphatic heterocycles. The van der Waals surface area contributed by atoms with Crippen LogP contribution in [0.25, 0.3) is 0 Å². The molecule has 2 aliphatic rings. The summed E-state index contributed by atoms with van der Waals surface area (Å²) in [6, 6.07) is 16.2. The lowest BCUT2D eigenvalue weighted by Gasteiger charge is -2.41. The maximum absolute atomic E-state index is 14.1. The minimum absolute atomic E-state index is 0.0603. The molecular weight excluding hydrogens is 397 g/mol. The number of hydrogen-bond acceptors (Lipinski definition) is 4. The highest BCUT2D eigenvalue weighted by atomic mass is 19.1. The number of nitrogens with zero attached hydrogens (tertiary/aromatic N) is 3. The van der Waals surface area contributed by atoms with Crippen LogP contribution in [0.1, 0.15) is 25.3 Å². The molecule has 2 amide bonds. The zero-order valence-corrected chi connectivity index (χ0v) is 17.8. The average Bonchev–Trinajstić information content (AvgIpc) is 3.21. The van der Waals surface area contributed by atoms with Crippen molar-refractivity contribution in [3.63, 3.8) is 0 Å². The Balaban J connectivity index is 1.38. The second-order valence-corrected chi connectivity index (χ2v) is 8.30. The van der Waals surface area contributed by atoms with E-state index in [0.717, 1.165) is 12.0 Å². The van der Waals surface area contributed by atoms with E-state index >= 15 is 0 Å². The summed E-state index contributed by atoms with van der Waals surface area (Å²) in [6.07, 6.45) is 0.916. The van der Waals surface area contributed by atoms with Gasteiger partial charge in [0.15, 0.2) is 0 Å². The van der Waals surface area contributed by atoms with Crippen molar-refractivity contribution >= 4 is 17.7 Å². The summed E-state index contributed by atoms with van der Waals surface area (Å²) in [5, 5.41) is 0. The van der Waals surface area contributed by atoms with Crippen LogP contribution < -0.4 is 4.90 Å². The number of amides is 2. The van der Waals surface area contributed by atoms with Crippen molar-refractivity contribution < 1.29 is 18.7 Å². The standard InChI is InChI=1S/C24H28FN3O3/c1-24(12-7-13-28(24)23(30)31-18-19-8-3-2-4-9-19)22(29)27-16-14-26(15-17-27)21-11-6-5-10-20(21)25/h2-6,8-11H,7,12-18H2,1H3. The number of ether oxygens (including phenoxy) is 1. The van der Waals surface area contributed by atoms with Crippen molar-refractivity contribution in [1.29, 1.82) is 0 Å². The van der Waals surface area contributed by atoms with Crippen LogP contribution in [0.3, 0.4) is 0 Å². The summed E-state index contributed by atoms with van der Waals surface area (Å²) in [5.41, 5.74) is 0.564. The van der Waals surface area contributed by atoms with Crippen LogP contribution >= 0.6 is 0 Å². The Morgan fingerprint density at radius 1 is 0.968 bits per heavy atom. The molecule has 1 unspecified atom stereocenters. The normalized spacial score (nSPS) is 21.3. The molecule has 2 saturated heterocycles. The van der Waals surface area contributed by atoms with Crippen LogP contribution in [0.4, 0.5) is 14.9 Å². The van der Waals surface area contributed by atoms with Gasteiger partial charge in [-0.3, -0.25) is 9.69 Å². The quantitative estimate of drug-likeness (QED) is 0.750. The summed E-state index contributed by atoms with van der Waals surface area (Å²) in [7, 11) is 0. The van der Waals surface area contributed by atoms with E-state index in [2.05, 4.69) is 0 Å². The Morgan fingerprint density at radius 2 is 1.65 bits per heavy atom. The van der Waals surface area contributed by atoms with Gasteiger partial charge in [0, 0.05) is 32.7 Å². The van der Waals surface area contributed by atoms with E-state index in [-0.39, 0.29) is 18.3 Å². The van der Waals surface area contributed by atoms with Crippen molar-refractivity contribution in [2.75, 3.05) is 37.6 Å². The molecular formula is C24H28FN3O3. The van der Waals surface area contributed by atoms with E-state index in [0.29, 0.717) is 44.8 Å². The Morgan fingerprint density at radius 3 is 2.35 bits per heavy atom. The van der Waals surface area contributed by atoms with E-state index < -0.39 is 11.6 Å². The Bertz CT molecular complexity index is 931. The van der Waals surface area contributed by atoms with Gasteiger partial charge in [-0.15, -0.1) is 0 Å². The smallest absolute Gasteiger partial charge is 0.410 e. The SMILES string of the molecule is CC1(C(=O)N2CCN(c3ccccc3F)CC2)CCCN1C(=O)OCc1ccccc1. The molecule has 0 aliphatic carbocycles. The number of likely N-dealkylation sites (tertiary alicyclic amines) is 1. The molecule has 2 aromatic rings. The second-order valence-electron chi connectivity index (χ2n) is 8.30. The summed E-state index contributed by atoms with van der Waals surface area (Å²) < 4.78 is 19.6. The Hall–Kier alpha value is -3.09. The maximum Gasteiger partial charge on any atom is 0.410 e. The molecule has 0 bridgehead atoms. The second kappa shape index (κ2) is 8.96. The number of anilines is 1. The third kappa shape index (κ3) is 4.36. The van der Waals surface area contributed by atoms with Crippen LogP contribution in [0, 0.1) is 5.82 Å². The van der Waals surface area contributed by atoms with Gasteiger partial charge < -0.3 is 14.5 Å². The minimum Gasteiger partial charge on any atom is -0.445 e. The third-order valence-corrected chi connectivity index (χ3v) is 6.29. The van der Waals surface area contributed by atoms with Crippen LogP contribution in [-0.4, -0.2) is 60.1 Å². The summed E-state index contributed by atoms with van der Waals surface area (Å²) in [5.74, 6) is -0.313. The van der Waals surface area contributed by atoms with Gasteiger partial charge in [-0.05, 0) is 37.5 Å². The van der Waals surface area contributed by atoms with Crippen LogP contribution in [-0.2, 0) is 16.1 Å². The van der Waals surface area contributed by atoms with Crippen LogP contribution in [0.2, 0.25) is 0 Å². The molecule has 6 nitrogen and oxygen atoms in total. The lowest BCUT2D eigenvalue weighted by Crippen LogP contribution is -2.60. The topological polar surface area (TPSA) is 53.1 Å². The molecule has 0 spiro atoms. The molecule has 2 fully saturated rings. The van der Waals surface area contributed by atoms with E-state index in [9.17, 15) is 14.0 Å². The predicted octanol–water partition coefficient (Wildman–Crippen LogP) is 3.67. The first-order chi connectivity index (χ1) is 15.0. The van der Waals surface area contributed by atoms with Gasteiger partial charge in [0.25, 0.3) is 0 Å². The van der Waals surface area contributed by atoms with Crippen molar-refractivity contribution in [3.8, 4) is 0 Å². The van der Waals surface area contributed by atoms with Crippen LogP contribution in [0.5, 0.6) is 0 Å². The zero-order valence-electron chi connectivity index (χ0n) is 17.8. The van der Waals surface area contributed by atoms with Crippen molar-refractivity contribution in [2.45, 2.75) is 31.9 Å². The number of rotatable bonds is 4. The number of carbonyl (C=O) groups is 2. The number of halogens is 1. The van der Waals surface area contributed by atoms with E-state index in [4.69, 9.17) is 4.74 Å². The summed E-state index contributed by atoms with van der Waals surface area (Å²) in [6.45, 7) is 4.62. The third-order valence-electron chi connectivity index (χ3n) is 6.29. The van der Waals surface area contributed by atoms with Gasteiger partial charge >= 0.3 is 6.09 Å². The van der Waals surface area contributed by atoms with Gasteiger partial charge in [-0.1, -0.05) is 42.5 Å². The van der Waals surface area contributed by atoms with E-state index in [1.54, 1.807) is 21.9 Å². The van der Waals surface area contributed by atoms with Crippen molar-refractivity contribution in [1.82, 2.24) is 9.80 Å². The summed E-state index contributed by atoms with van der Waals surface area (Å²) in [4.78, 5) is 31.5. The summed E-state index contributed by atoms with van der Waals surface area (Å²) >= 11 is 0. The fourth-order valence-electron chi connectivity index (χ4n) is 4.47. The molecule has 2 heterocycles. The zero-order chi connectivity index (χ0) is 21.8. The van der Waals surface area contributed by atoms with Gasteiger partial charge in [0.2, 0.25) is 5.91 Å². The molecule has 31 heavy (non-hydrogen) atoms. The largest absolute Gasteiger partial charge is 0.445 e. The number of piperazine rings is 1. The first kappa shape index (κ1) is 21.2. The first-order valence-electron chi connectivity index (χ1n) is 10.8. The van der Waals surface area contributed by atoms with Gasteiger partial charge in [-0.25, -0.2) is 9.18 Å². The number of carbonyl (C=O) groups excluding carboxylic acids is 2. The molecule has 0 radical (unpaired) electrons.